The second kappa shape index (κ2) is 5.52. The van der Waals surface area contributed by atoms with E-state index in [4.69, 9.17) is 4.74 Å². The molecule has 4 heteroatoms. The molecule has 1 saturated carbocycles. The molecule has 1 atom stereocenters. The van der Waals surface area contributed by atoms with Crippen LogP contribution in [0.15, 0.2) is 24.3 Å². The van der Waals surface area contributed by atoms with E-state index in [0.717, 1.165) is 44.5 Å². The first-order valence-corrected chi connectivity index (χ1v) is 7.33. The number of amides is 1. The molecule has 1 saturated heterocycles. The second-order valence-corrected chi connectivity index (χ2v) is 5.88. The first kappa shape index (κ1) is 13.6. The monoisotopic (exact) mass is 277 g/mol. The van der Waals surface area contributed by atoms with Crippen LogP contribution in [0, 0.1) is 11.7 Å². The van der Waals surface area contributed by atoms with Crippen molar-refractivity contribution < 1.29 is 13.9 Å². The molecule has 0 spiro atoms. The number of hydrogen-bond acceptors (Lipinski definition) is 2. The van der Waals surface area contributed by atoms with Crippen molar-refractivity contribution in [1.82, 2.24) is 5.32 Å². The molecule has 1 aliphatic carbocycles. The summed E-state index contributed by atoms with van der Waals surface area (Å²) >= 11 is 0. The normalized spacial score (nSPS) is 24.1. The van der Waals surface area contributed by atoms with Gasteiger partial charge in [0, 0.05) is 19.1 Å². The van der Waals surface area contributed by atoms with Gasteiger partial charge in [-0.2, -0.15) is 0 Å². The molecule has 1 aliphatic heterocycles. The van der Waals surface area contributed by atoms with E-state index in [1.165, 1.54) is 12.1 Å². The Morgan fingerprint density at radius 2 is 2.10 bits per heavy atom. The van der Waals surface area contributed by atoms with Gasteiger partial charge in [-0.3, -0.25) is 4.79 Å². The summed E-state index contributed by atoms with van der Waals surface area (Å²) in [5, 5.41) is 3.07. The van der Waals surface area contributed by atoms with Crippen LogP contribution in [0.1, 0.15) is 31.2 Å². The van der Waals surface area contributed by atoms with Gasteiger partial charge in [0.05, 0.1) is 12.0 Å². The van der Waals surface area contributed by atoms with E-state index in [9.17, 15) is 9.18 Å². The lowest BCUT2D eigenvalue weighted by molar-refractivity contribution is -0.130. The molecular weight excluding hydrogens is 257 g/mol. The Labute approximate surface area is 118 Å². The minimum Gasteiger partial charge on any atom is -0.381 e. The van der Waals surface area contributed by atoms with Crippen molar-refractivity contribution in [2.45, 2.75) is 31.1 Å². The van der Waals surface area contributed by atoms with Gasteiger partial charge in [0.15, 0.2) is 0 Å². The largest absolute Gasteiger partial charge is 0.381 e. The predicted octanol–water partition coefficient (Wildman–Crippen LogP) is 2.40. The molecule has 20 heavy (non-hydrogen) atoms. The van der Waals surface area contributed by atoms with Crippen LogP contribution in [0.4, 0.5) is 4.39 Å². The van der Waals surface area contributed by atoms with E-state index in [0.29, 0.717) is 12.5 Å². The third-order valence-corrected chi connectivity index (χ3v) is 4.61. The molecule has 1 amide bonds. The van der Waals surface area contributed by atoms with Crippen molar-refractivity contribution in [2.24, 2.45) is 5.92 Å². The van der Waals surface area contributed by atoms with Gasteiger partial charge in [0.2, 0.25) is 5.91 Å². The van der Waals surface area contributed by atoms with Crippen molar-refractivity contribution in [3.05, 3.63) is 35.6 Å². The number of ether oxygens (including phenoxy) is 1. The molecule has 108 valence electrons. The lowest BCUT2D eigenvalue weighted by Gasteiger charge is -2.41. The Hall–Kier alpha value is -1.42. The highest BCUT2D eigenvalue weighted by atomic mass is 19.1. The molecule has 0 unspecified atom stereocenters. The van der Waals surface area contributed by atoms with E-state index >= 15 is 0 Å². The van der Waals surface area contributed by atoms with Crippen molar-refractivity contribution >= 4 is 5.91 Å². The lowest BCUT2D eigenvalue weighted by Crippen LogP contribution is -2.50. The Morgan fingerprint density at radius 1 is 1.35 bits per heavy atom. The maximum Gasteiger partial charge on any atom is 0.230 e. The van der Waals surface area contributed by atoms with E-state index < -0.39 is 5.41 Å². The molecule has 1 aromatic rings. The zero-order valence-corrected chi connectivity index (χ0v) is 11.5. The highest BCUT2D eigenvalue weighted by molar-refractivity contribution is 5.89. The summed E-state index contributed by atoms with van der Waals surface area (Å²) in [6, 6.07) is 6.36. The standard InChI is InChI=1S/C16H20FNO2/c17-14-4-2-13(3-5-14)16(7-1-8-16)15(19)18-10-12-6-9-20-11-12/h2-5,12H,1,6-11H2,(H,18,19)/t12-/m1/s1. The highest BCUT2D eigenvalue weighted by Gasteiger charge is 2.45. The molecular formula is C16H20FNO2. The summed E-state index contributed by atoms with van der Waals surface area (Å²) in [6.45, 7) is 2.22. The fourth-order valence-electron chi connectivity index (χ4n) is 3.10. The first-order valence-electron chi connectivity index (χ1n) is 7.33. The van der Waals surface area contributed by atoms with Crippen LogP contribution in [0.5, 0.6) is 0 Å². The van der Waals surface area contributed by atoms with Gasteiger partial charge in [0.1, 0.15) is 5.82 Å². The lowest BCUT2D eigenvalue weighted by atomic mass is 9.64. The maximum absolute atomic E-state index is 13.0. The molecule has 1 heterocycles. The highest BCUT2D eigenvalue weighted by Crippen LogP contribution is 2.44. The average molecular weight is 277 g/mol. The summed E-state index contributed by atoms with van der Waals surface area (Å²) in [5.74, 6) is 0.262. The fraction of sp³-hybridized carbons (Fsp3) is 0.562. The Morgan fingerprint density at radius 3 is 2.65 bits per heavy atom. The Bertz CT molecular complexity index is 476. The van der Waals surface area contributed by atoms with Crippen LogP contribution in [-0.4, -0.2) is 25.7 Å². The van der Waals surface area contributed by atoms with Crippen LogP contribution in [-0.2, 0) is 14.9 Å². The SMILES string of the molecule is O=C(NC[C@H]1CCOC1)C1(c2ccc(F)cc2)CCC1. The van der Waals surface area contributed by atoms with Crippen molar-refractivity contribution in [3.63, 3.8) is 0 Å². The van der Waals surface area contributed by atoms with Crippen LogP contribution in [0.3, 0.4) is 0 Å². The zero-order valence-electron chi connectivity index (χ0n) is 11.5. The summed E-state index contributed by atoms with van der Waals surface area (Å²) in [7, 11) is 0. The number of rotatable bonds is 4. The van der Waals surface area contributed by atoms with Crippen LogP contribution >= 0.6 is 0 Å². The third-order valence-electron chi connectivity index (χ3n) is 4.61. The molecule has 3 rings (SSSR count). The van der Waals surface area contributed by atoms with Crippen LogP contribution in [0.25, 0.3) is 0 Å². The summed E-state index contributed by atoms with van der Waals surface area (Å²) < 4.78 is 18.4. The van der Waals surface area contributed by atoms with Gasteiger partial charge < -0.3 is 10.1 Å². The number of carbonyl (C=O) groups is 1. The van der Waals surface area contributed by atoms with E-state index in [-0.39, 0.29) is 11.7 Å². The Balaban J connectivity index is 1.68. The molecule has 2 aliphatic rings. The molecule has 3 nitrogen and oxygen atoms in total. The van der Waals surface area contributed by atoms with Gasteiger partial charge in [0.25, 0.3) is 0 Å². The first-order chi connectivity index (χ1) is 9.71. The minimum absolute atomic E-state index is 0.0854. The van der Waals surface area contributed by atoms with Crippen LogP contribution < -0.4 is 5.32 Å². The number of halogens is 1. The summed E-state index contributed by atoms with van der Waals surface area (Å²) in [4.78, 5) is 12.5. The van der Waals surface area contributed by atoms with Gasteiger partial charge >= 0.3 is 0 Å². The molecule has 1 aromatic carbocycles. The third kappa shape index (κ3) is 2.44. The molecule has 0 aromatic heterocycles. The van der Waals surface area contributed by atoms with Crippen molar-refractivity contribution in [3.8, 4) is 0 Å². The van der Waals surface area contributed by atoms with Gasteiger partial charge in [-0.15, -0.1) is 0 Å². The van der Waals surface area contributed by atoms with E-state index in [1.54, 1.807) is 12.1 Å². The molecule has 0 bridgehead atoms. The van der Waals surface area contributed by atoms with E-state index in [1.807, 2.05) is 0 Å². The number of nitrogens with one attached hydrogen (secondary N) is 1. The van der Waals surface area contributed by atoms with Gasteiger partial charge in [-0.25, -0.2) is 4.39 Å². The number of hydrogen-bond donors (Lipinski definition) is 1. The van der Waals surface area contributed by atoms with Crippen molar-refractivity contribution in [1.29, 1.82) is 0 Å². The minimum atomic E-state index is -0.437. The average Bonchev–Trinajstić information content (AvgIpc) is 2.90. The maximum atomic E-state index is 13.0. The molecule has 0 radical (unpaired) electrons. The van der Waals surface area contributed by atoms with E-state index in [2.05, 4.69) is 5.32 Å². The summed E-state index contributed by atoms with van der Waals surface area (Å²) in [6.07, 6.45) is 3.78. The number of benzene rings is 1. The number of carbonyl (C=O) groups excluding carboxylic acids is 1. The zero-order chi connectivity index (χ0) is 14.0. The van der Waals surface area contributed by atoms with Crippen LogP contribution in [0.2, 0.25) is 0 Å². The van der Waals surface area contributed by atoms with Gasteiger partial charge in [-0.05, 0) is 37.0 Å². The quantitative estimate of drug-likeness (QED) is 0.917. The second-order valence-electron chi connectivity index (χ2n) is 5.88. The fourth-order valence-corrected chi connectivity index (χ4v) is 3.10. The Kier molecular flexibility index (Phi) is 3.74. The molecule has 2 fully saturated rings. The summed E-state index contributed by atoms with van der Waals surface area (Å²) in [5.41, 5.74) is 0.498. The topological polar surface area (TPSA) is 38.3 Å². The van der Waals surface area contributed by atoms with Crippen molar-refractivity contribution in [2.75, 3.05) is 19.8 Å². The molecule has 1 N–H and O–H groups in total. The predicted molar refractivity (Wildman–Crippen MR) is 73.9 cm³/mol. The van der Waals surface area contributed by atoms with Gasteiger partial charge in [-0.1, -0.05) is 18.6 Å². The smallest absolute Gasteiger partial charge is 0.230 e.